The van der Waals surface area contributed by atoms with Gasteiger partial charge in [-0.2, -0.15) is 5.10 Å². The fourth-order valence-electron chi connectivity index (χ4n) is 1.46. The van der Waals surface area contributed by atoms with E-state index in [4.69, 9.17) is 0 Å². The van der Waals surface area contributed by atoms with Crippen LogP contribution in [0, 0.1) is 0 Å². The molecule has 0 saturated carbocycles. The number of nitrogens with zero attached hydrogens (tertiary/aromatic N) is 3. The van der Waals surface area contributed by atoms with Crippen LogP contribution >= 0.6 is 0 Å². The predicted octanol–water partition coefficient (Wildman–Crippen LogP) is 2.06. The Morgan fingerprint density at radius 3 is 3.07 bits per heavy atom. The van der Waals surface area contributed by atoms with Crippen LogP contribution in [-0.2, 0) is 6.54 Å². The first kappa shape index (κ1) is 9.71. The van der Waals surface area contributed by atoms with Gasteiger partial charge in [0.2, 0.25) is 0 Å². The van der Waals surface area contributed by atoms with Crippen LogP contribution in [0.5, 0.6) is 5.75 Å². The molecule has 2 aromatic heterocycles. The van der Waals surface area contributed by atoms with Crippen LogP contribution < -0.4 is 0 Å². The maximum absolute atomic E-state index is 9.60. The Hall–Kier alpha value is -1.84. The Morgan fingerprint density at radius 1 is 1.47 bits per heavy atom. The summed E-state index contributed by atoms with van der Waals surface area (Å²) in [5.74, 6) is 0.188. The Balaban J connectivity index is 2.33. The average molecular weight is 203 g/mol. The molecular formula is C11H13N3O. The molecule has 0 saturated heterocycles. The second-order valence-corrected chi connectivity index (χ2v) is 3.36. The highest BCUT2D eigenvalue weighted by Crippen LogP contribution is 2.25. The van der Waals surface area contributed by atoms with Crippen molar-refractivity contribution in [1.29, 1.82) is 0 Å². The number of hydrogen-bond acceptors (Lipinski definition) is 3. The third-order valence-corrected chi connectivity index (χ3v) is 2.15. The molecule has 0 unspecified atom stereocenters. The van der Waals surface area contributed by atoms with E-state index in [0.717, 1.165) is 18.5 Å². The number of aromatic hydroxyl groups is 1. The van der Waals surface area contributed by atoms with Crippen molar-refractivity contribution >= 4 is 0 Å². The lowest BCUT2D eigenvalue weighted by molar-refractivity contribution is 0.475. The number of aryl methyl sites for hydroxylation is 1. The van der Waals surface area contributed by atoms with E-state index in [9.17, 15) is 5.11 Å². The van der Waals surface area contributed by atoms with Crippen molar-refractivity contribution in [3.05, 3.63) is 30.7 Å². The second kappa shape index (κ2) is 4.13. The summed E-state index contributed by atoms with van der Waals surface area (Å²) >= 11 is 0. The maximum Gasteiger partial charge on any atom is 0.141 e. The largest absolute Gasteiger partial charge is 0.506 e. The van der Waals surface area contributed by atoms with Gasteiger partial charge in [-0.05, 0) is 18.6 Å². The van der Waals surface area contributed by atoms with Crippen molar-refractivity contribution in [2.75, 3.05) is 0 Å². The third kappa shape index (κ3) is 1.98. The molecule has 2 heterocycles. The van der Waals surface area contributed by atoms with E-state index in [0.29, 0.717) is 5.69 Å². The zero-order chi connectivity index (χ0) is 10.7. The monoisotopic (exact) mass is 203 g/mol. The molecule has 0 aliphatic rings. The molecule has 15 heavy (non-hydrogen) atoms. The first-order chi connectivity index (χ1) is 7.31. The zero-order valence-corrected chi connectivity index (χ0v) is 8.59. The minimum Gasteiger partial charge on any atom is -0.506 e. The molecule has 0 spiro atoms. The summed E-state index contributed by atoms with van der Waals surface area (Å²) in [6, 6.07) is 3.33. The van der Waals surface area contributed by atoms with E-state index in [1.807, 2.05) is 10.9 Å². The molecule has 78 valence electrons. The summed E-state index contributed by atoms with van der Waals surface area (Å²) in [6.45, 7) is 2.98. The molecule has 0 amide bonds. The van der Waals surface area contributed by atoms with Crippen LogP contribution in [0.3, 0.4) is 0 Å². The van der Waals surface area contributed by atoms with Gasteiger partial charge in [-0.3, -0.25) is 9.67 Å². The smallest absolute Gasteiger partial charge is 0.141 e. The van der Waals surface area contributed by atoms with Gasteiger partial charge in [0.15, 0.2) is 0 Å². The highest BCUT2D eigenvalue weighted by atomic mass is 16.3. The molecule has 0 aliphatic heterocycles. The molecule has 2 rings (SSSR count). The van der Waals surface area contributed by atoms with Crippen LogP contribution in [0.25, 0.3) is 11.3 Å². The van der Waals surface area contributed by atoms with Crippen molar-refractivity contribution in [2.24, 2.45) is 0 Å². The van der Waals surface area contributed by atoms with E-state index in [2.05, 4.69) is 17.0 Å². The summed E-state index contributed by atoms with van der Waals surface area (Å²) in [5.41, 5.74) is 1.43. The Kier molecular flexibility index (Phi) is 2.67. The van der Waals surface area contributed by atoms with Crippen molar-refractivity contribution < 1.29 is 5.11 Å². The van der Waals surface area contributed by atoms with Crippen LogP contribution in [0.1, 0.15) is 13.3 Å². The fraction of sp³-hybridized carbons (Fsp3) is 0.273. The van der Waals surface area contributed by atoms with E-state index >= 15 is 0 Å². The molecule has 1 N–H and O–H groups in total. The maximum atomic E-state index is 9.60. The van der Waals surface area contributed by atoms with Crippen molar-refractivity contribution in [2.45, 2.75) is 19.9 Å². The van der Waals surface area contributed by atoms with Crippen LogP contribution in [0.2, 0.25) is 0 Å². The molecule has 0 bridgehead atoms. The molecule has 0 aliphatic carbocycles. The molecular weight excluding hydrogens is 190 g/mol. The SMILES string of the molecule is CCCn1cc(-c2ncccc2O)cn1. The summed E-state index contributed by atoms with van der Waals surface area (Å²) in [4.78, 5) is 4.12. The molecule has 4 nitrogen and oxygen atoms in total. The van der Waals surface area contributed by atoms with Crippen LogP contribution in [-0.4, -0.2) is 19.9 Å². The topological polar surface area (TPSA) is 50.9 Å². The van der Waals surface area contributed by atoms with Crippen LogP contribution in [0.4, 0.5) is 0 Å². The van der Waals surface area contributed by atoms with Gasteiger partial charge in [-0.15, -0.1) is 0 Å². The van der Waals surface area contributed by atoms with Gasteiger partial charge in [0.25, 0.3) is 0 Å². The van der Waals surface area contributed by atoms with Gasteiger partial charge in [0.1, 0.15) is 11.4 Å². The average Bonchev–Trinajstić information content (AvgIpc) is 2.68. The molecule has 0 fully saturated rings. The zero-order valence-electron chi connectivity index (χ0n) is 8.59. The molecule has 4 heteroatoms. The standard InChI is InChI=1S/C11H13N3O/c1-2-6-14-8-9(7-13-14)11-10(15)4-3-5-12-11/h3-5,7-8,15H,2,6H2,1H3. The quantitative estimate of drug-likeness (QED) is 0.830. The summed E-state index contributed by atoms with van der Waals surface area (Å²) < 4.78 is 1.85. The Labute approximate surface area is 88.2 Å². The van der Waals surface area contributed by atoms with Crippen molar-refractivity contribution in [3.63, 3.8) is 0 Å². The number of aromatic nitrogens is 3. The van der Waals surface area contributed by atoms with E-state index in [-0.39, 0.29) is 5.75 Å². The lowest BCUT2D eigenvalue weighted by Crippen LogP contribution is -1.95. The van der Waals surface area contributed by atoms with Crippen LogP contribution in [0.15, 0.2) is 30.7 Å². The van der Waals surface area contributed by atoms with E-state index in [1.54, 1.807) is 24.5 Å². The lowest BCUT2D eigenvalue weighted by Gasteiger charge is -1.99. The number of hydrogen-bond donors (Lipinski definition) is 1. The highest BCUT2D eigenvalue weighted by Gasteiger charge is 2.06. The van der Waals surface area contributed by atoms with Gasteiger partial charge >= 0.3 is 0 Å². The minimum atomic E-state index is 0.188. The first-order valence-corrected chi connectivity index (χ1v) is 4.98. The van der Waals surface area contributed by atoms with E-state index < -0.39 is 0 Å². The lowest BCUT2D eigenvalue weighted by atomic mass is 10.2. The molecule has 0 aromatic carbocycles. The fourth-order valence-corrected chi connectivity index (χ4v) is 1.46. The van der Waals surface area contributed by atoms with Gasteiger partial charge < -0.3 is 5.11 Å². The second-order valence-electron chi connectivity index (χ2n) is 3.36. The predicted molar refractivity (Wildman–Crippen MR) is 57.4 cm³/mol. The van der Waals surface area contributed by atoms with Gasteiger partial charge in [-0.1, -0.05) is 6.92 Å². The molecule has 0 radical (unpaired) electrons. The summed E-state index contributed by atoms with van der Waals surface area (Å²) in [7, 11) is 0. The van der Waals surface area contributed by atoms with E-state index in [1.165, 1.54) is 0 Å². The molecule has 2 aromatic rings. The normalized spacial score (nSPS) is 10.5. The number of rotatable bonds is 3. The summed E-state index contributed by atoms with van der Waals surface area (Å²) in [6.07, 6.45) is 6.31. The van der Waals surface area contributed by atoms with Gasteiger partial charge in [0, 0.05) is 24.5 Å². The Bertz CT molecular complexity index is 451. The highest BCUT2D eigenvalue weighted by molar-refractivity contribution is 5.63. The Morgan fingerprint density at radius 2 is 2.33 bits per heavy atom. The minimum absolute atomic E-state index is 0.188. The molecule has 0 atom stereocenters. The van der Waals surface area contributed by atoms with Crippen molar-refractivity contribution in [1.82, 2.24) is 14.8 Å². The van der Waals surface area contributed by atoms with Gasteiger partial charge in [0.05, 0.1) is 6.20 Å². The van der Waals surface area contributed by atoms with Gasteiger partial charge in [-0.25, -0.2) is 0 Å². The number of pyridine rings is 1. The first-order valence-electron chi connectivity index (χ1n) is 4.98. The third-order valence-electron chi connectivity index (χ3n) is 2.15. The van der Waals surface area contributed by atoms with Crippen molar-refractivity contribution in [3.8, 4) is 17.0 Å². The summed E-state index contributed by atoms with van der Waals surface area (Å²) in [5, 5.41) is 13.8.